The van der Waals surface area contributed by atoms with Gasteiger partial charge in [0.2, 0.25) is 10.0 Å². The number of carbonyl (C=O) groups excluding carboxylic acids is 1. The molecule has 7 nitrogen and oxygen atoms in total. The second-order valence-electron chi connectivity index (χ2n) is 6.75. The Kier molecular flexibility index (Phi) is 5.82. The zero-order valence-electron chi connectivity index (χ0n) is 15.0. The van der Waals surface area contributed by atoms with E-state index in [4.69, 9.17) is 5.73 Å². The third kappa shape index (κ3) is 4.69. The van der Waals surface area contributed by atoms with E-state index >= 15 is 0 Å². The number of hydrogen-bond acceptors (Lipinski definition) is 5. The SMILES string of the molecule is Nc1ccc(C(=O)Nc2cc(F)c(F)c(F)c2)cc1S(=O)(=O)N[C@@H]1CC[C@H](O)C1. The maximum atomic E-state index is 13.3. The lowest BCUT2D eigenvalue weighted by molar-refractivity contribution is 0.102. The van der Waals surface area contributed by atoms with Gasteiger partial charge in [0, 0.05) is 29.4 Å². The third-order valence-corrected chi connectivity index (χ3v) is 6.11. The monoisotopic (exact) mass is 429 g/mol. The van der Waals surface area contributed by atoms with Gasteiger partial charge in [0.25, 0.3) is 5.91 Å². The van der Waals surface area contributed by atoms with Crippen LogP contribution in [0.2, 0.25) is 0 Å². The van der Waals surface area contributed by atoms with Crippen molar-refractivity contribution < 1.29 is 31.5 Å². The number of aliphatic hydroxyl groups excluding tert-OH is 1. The molecule has 11 heteroatoms. The minimum absolute atomic E-state index is 0.105. The predicted octanol–water partition coefficient (Wildman–Crippen LogP) is 2.13. The van der Waals surface area contributed by atoms with Crippen molar-refractivity contribution in [3.05, 3.63) is 53.3 Å². The molecule has 0 radical (unpaired) electrons. The summed E-state index contributed by atoms with van der Waals surface area (Å²) in [6.45, 7) is 0. The fraction of sp³-hybridized carbons (Fsp3) is 0.278. The normalized spacial score (nSPS) is 19.3. The maximum absolute atomic E-state index is 13.3. The third-order valence-electron chi connectivity index (χ3n) is 4.53. The number of carbonyl (C=O) groups is 1. The van der Waals surface area contributed by atoms with Gasteiger partial charge in [-0.2, -0.15) is 0 Å². The lowest BCUT2D eigenvalue weighted by atomic mass is 10.2. The molecule has 0 aliphatic heterocycles. The van der Waals surface area contributed by atoms with E-state index < -0.39 is 45.5 Å². The van der Waals surface area contributed by atoms with Crippen LogP contribution in [-0.2, 0) is 10.0 Å². The molecule has 5 N–H and O–H groups in total. The molecule has 2 aromatic rings. The molecular formula is C18H18F3N3O4S. The summed E-state index contributed by atoms with van der Waals surface area (Å²) in [5.74, 6) is -5.51. The first-order valence-electron chi connectivity index (χ1n) is 8.62. The van der Waals surface area contributed by atoms with Gasteiger partial charge in [-0.3, -0.25) is 4.79 Å². The molecule has 0 saturated heterocycles. The zero-order valence-corrected chi connectivity index (χ0v) is 15.8. The van der Waals surface area contributed by atoms with Crippen molar-refractivity contribution in [2.24, 2.45) is 0 Å². The lowest BCUT2D eigenvalue weighted by Gasteiger charge is -2.15. The Labute approximate surface area is 164 Å². The Morgan fingerprint density at radius 3 is 2.34 bits per heavy atom. The number of hydrogen-bond donors (Lipinski definition) is 4. The smallest absolute Gasteiger partial charge is 0.255 e. The van der Waals surface area contributed by atoms with Crippen molar-refractivity contribution in [1.82, 2.24) is 4.72 Å². The molecule has 3 rings (SSSR count). The van der Waals surface area contributed by atoms with Gasteiger partial charge in [0.05, 0.1) is 11.8 Å². The molecule has 1 aliphatic carbocycles. The van der Waals surface area contributed by atoms with E-state index in [9.17, 15) is 31.5 Å². The van der Waals surface area contributed by atoms with E-state index in [0.29, 0.717) is 25.0 Å². The Morgan fingerprint density at radius 1 is 1.10 bits per heavy atom. The van der Waals surface area contributed by atoms with Gasteiger partial charge in [-0.15, -0.1) is 0 Å². The van der Waals surface area contributed by atoms with Crippen LogP contribution < -0.4 is 15.8 Å². The van der Waals surface area contributed by atoms with E-state index in [1.807, 2.05) is 0 Å². The zero-order chi connectivity index (χ0) is 21.3. The summed E-state index contributed by atoms with van der Waals surface area (Å²) in [5.41, 5.74) is 5.16. The number of nitrogens with two attached hydrogens (primary N) is 1. The highest BCUT2D eigenvalue weighted by Gasteiger charge is 2.29. The van der Waals surface area contributed by atoms with Crippen molar-refractivity contribution in [3.8, 4) is 0 Å². The summed E-state index contributed by atoms with van der Waals surface area (Å²) in [6.07, 6.45) is 0.604. The van der Waals surface area contributed by atoms with E-state index in [2.05, 4.69) is 10.0 Å². The van der Waals surface area contributed by atoms with Gasteiger partial charge < -0.3 is 16.2 Å². The Balaban J connectivity index is 1.83. The molecule has 0 heterocycles. The fourth-order valence-electron chi connectivity index (χ4n) is 3.09. The van der Waals surface area contributed by atoms with E-state index in [1.165, 1.54) is 12.1 Å². The van der Waals surface area contributed by atoms with Crippen LogP contribution in [0, 0.1) is 17.5 Å². The second kappa shape index (κ2) is 8.01. The molecular weight excluding hydrogens is 411 g/mol. The first kappa shape index (κ1) is 21.1. The topological polar surface area (TPSA) is 122 Å². The van der Waals surface area contributed by atoms with Crippen molar-refractivity contribution in [2.75, 3.05) is 11.1 Å². The van der Waals surface area contributed by atoms with E-state index in [0.717, 1.165) is 6.07 Å². The predicted molar refractivity (Wildman–Crippen MR) is 99.1 cm³/mol. The molecule has 0 spiro atoms. The van der Waals surface area contributed by atoms with Gasteiger partial charge in [-0.25, -0.2) is 26.3 Å². The van der Waals surface area contributed by atoms with Gasteiger partial charge in [-0.1, -0.05) is 0 Å². The number of halogens is 3. The number of sulfonamides is 1. The van der Waals surface area contributed by atoms with Crippen LogP contribution in [0.1, 0.15) is 29.6 Å². The van der Waals surface area contributed by atoms with Gasteiger partial charge in [0.15, 0.2) is 17.5 Å². The molecule has 2 atom stereocenters. The molecule has 2 aromatic carbocycles. The molecule has 29 heavy (non-hydrogen) atoms. The van der Waals surface area contributed by atoms with Crippen molar-refractivity contribution in [3.63, 3.8) is 0 Å². The number of rotatable bonds is 5. The van der Waals surface area contributed by atoms with Crippen LogP contribution >= 0.6 is 0 Å². The van der Waals surface area contributed by atoms with Gasteiger partial charge >= 0.3 is 0 Å². The van der Waals surface area contributed by atoms with Gasteiger partial charge in [0.1, 0.15) is 4.90 Å². The van der Waals surface area contributed by atoms with E-state index in [1.54, 1.807) is 0 Å². The summed E-state index contributed by atoms with van der Waals surface area (Å²) < 4.78 is 67.3. The first-order valence-corrected chi connectivity index (χ1v) is 10.1. The average molecular weight is 429 g/mol. The summed E-state index contributed by atoms with van der Waals surface area (Å²) in [7, 11) is -4.08. The maximum Gasteiger partial charge on any atom is 0.255 e. The fourth-order valence-corrected chi connectivity index (χ4v) is 4.53. The van der Waals surface area contributed by atoms with Crippen LogP contribution in [0.4, 0.5) is 24.5 Å². The number of nitrogens with one attached hydrogen (secondary N) is 2. The number of nitrogen functional groups attached to an aromatic ring is 1. The summed E-state index contributed by atoms with van der Waals surface area (Å²) in [4.78, 5) is 12.0. The number of aliphatic hydroxyl groups is 1. The van der Waals surface area contributed by atoms with Gasteiger partial charge in [-0.05, 0) is 37.5 Å². The largest absolute Gasteiger partial charge is 0.398 e. The highest BCUT2D eigenvalue weighted by Crippen LogP contribution is 2.25. The molecule has 1 amide bonds. The Bertz CT molecular complexity index is 1040. The van der Waals surface area contributed by atoms with Crippen molar-refractivity contribution in [1.29, 1.82) is 0 Å². The lowest BCUT2D eigenvalue weighted by Crippen LogP contribution is -2.34. The highest BCUT2D eigenvalue weighted by atomic mass is 32.2. The van der Waals surface area contributed by atoms with Crippen molar-refractivity contribution >= 4 is 27.3 Å². The van der Waals surface area contributed by atoms with Crippen molar-refractivity contribution in [2.45, 2.75) is 36.3 Å². The standard InChI is InChI=1S/C18H18F3N3O4S/c19-13-7-11(8-14(20)17(13)21)23-18(26)9-1-4-15(22)16(5-9)29(27,28)24-10-2-3-12(25)6-10/h1,4-5,7-8,10,12,24-25H,2-3,6,22H2,(H,23,26)/t10-,12+/m1/s1. The molecule has 0 unspecified atom stereocenters. The summed E-state index contributed by atoms with van der Waals surface area (Å²) >= 11 is 0. The van der Waals surface area contributed by atoms with Crippen LogP contribution in [0.3, 0.4) is 0 Å². The van der Waals surface area contributed by atoms with Crippen LogP contribution in [-0.4, -0.2) is 31.6 Å². The summed E-state index contributed by atoms with van der Waals surface area (Å²) in [6, 6.07) is 4.19. The molecule has 1 aliphatic rings. The molecule has 156 valence electrons. The van der Waals surface area contributed by atoms with E-state index in [-0.39, 0.29) is 28.3 Å². The number of amides is 1. The Morgan fingerprint density at radius 2 is 1.76 bits per heavy atom. The Hall–Kier alpha value is -2.63. The summed E-state index contributed by atoms with van der Waals surface area (Å²) in [5, 5.41) is 11.7. The molecule has 1 fully saturated rings. The second-order valence-corrected chi connectivity index (χ2v) is 8.43. The molecule has 0 bridgehead atoms. The highest BCUT2D eigenvalue weighted by molar-refractivity contribution is 7.89. The average Bonchev–Trinajstić information content (AvgIpc) is 3.03. The number of anilines is 2. The molecule has 0 aromatic heterocycles. The molecule has 1 saturated carbocycles. The van der Waals surface area contributed by atoms with Crippen LogP contribution in [0.5, 0.6) is 0 Å². The van der Waals surface area contributed by atoms with Crippen LogP contribution in [0.15, 0.2) is 35.2 Å². The first-order chi connectivity index (χ1) is 13.6. The van der Waals surface area contributed by atoms with Crippen LogP contribution in [0.25, 0.3) is 0 Å². The minimum Gasteiger partial charge on any atom is -0.398 e. The number of benzene rings is 2. The quantitative estimate of drug-likeness (QED) is 0.429. The minimum atomic E-state index is -4.08.